The van der Waals surface area contributed by atoms with Crippen LogP contribution in [0.15, 0.2) is 22.7 Å². The molecule has 0 saturated heterocycles. The Balaban J connectivity index is 2.57. The Morgan fingerprint density at radius 2 is 2.31 bits per heavy atom. The van der Waals surface area contributed by atoms with Crippen LogP contribution in [0.5, 0.6) is 0 Å². The van der Waals surface area contributed by atoms with Gasteiger partial charge in [0.05, 0.1) is 5.56 Å². The van der Waals surface area contributed by atoms with E-state index in [1.54, 1.807) is 0 Å². The first-order valence-electron chi connectivity index (χ1n) is 3.42. The van der Waals surface area contributed by atoms with Crippen molar-refractivity contribution in [1.82, 2.24) is 10.1 Å². The summed E-state index contributed by atoms with van der Waals surface area (Å²) in [7, 11) is 0. The average Bonchev–Trinajstić information content (AvgIpc) is 2.61. The molecule has 1 radical (unpaired) electrons. The van der Waals surface area contributed by atoms with Crippen molar-refractivity contribution in [3.8, 4) is 11.5 Å². The quantitative estimate of drug-likeness (QED) is 0.704. The number of aromatic nitrogens is 2. The van der Waals surface area contributed by atoms with Crippen molar-refractivity contribution in [3.05, 3.63) is 35.4 Å². The molecule has 1 heterocycles. The highest BCUT2D eigenvalue weighted by molar-refractivity contribution is 6.30. The molecular formula is C8H3ClFN2O. The summed E-state index contributed by atoms with van der Waals surface area (Å²) in [6, 6.07) is 4.10. The highest BCUT2D eigenvalue weighted by atomic mass is 35.5. The van der Waals surface area contributed by atoms with Gasteiger partial charge in [-0.3, -0.25) is 0 Å². The van der Waals surface area contributed by atoms with Gasteiger partial charge in [-0.2, -0.15) is 4.98 Å². The predicted molar refractivity (Wildman–Crippen MR) is 43.5 cm³/mol. The second kappa shape index (κ2) is 3.14. The van der Waals surface area contributed by atoms with Gasteiger partial charge < -0.3 is 4.52 Å². The topological polar surface area (TPSA) is 38.9 Å². The van der Waals surface area contributed by atoms with Gasteiger partial charge in [0.2, 0.25) is 6.33 Å². The van der Waals surface area contributed by atoms with Gasteiger partial charge in [0.25, 0.3) is 5.89 Å². The van der Waals surface area contributed by atoms with Crippen LogP contribution in [0.4, 0.5) is 4.39 Å². The van der Waals surface area contributed by atoms with Crippen molar-refractivity contribution in [2.45, 2.75) is 0 Å². The van der Waals surface area contributed by atoms with E-state index in [9.17, 15) is 4.39 Å². The van der Waals surface area contributed by atoms with Crippen molar-refractivity contribution in [1.29, 1.82) is 0 Å². The Kier molecular flexibility index (Phi) is 1.98. The van der Waals surface area contributed by atoms with E-state index in [-0.39, 0.29) is 11.5 Å². The van der Waals surface area contributed by atoms with E-state index in [0.29, 0.717) is 5.02 Å². The Labute approximate surface area is 78.1 Å². The third-order valence-corrected chi connectivity index (χ3v) is 1.72. The van der Waals surface area contributed by atoms with Gasteiger partial charge in [-0.05, 0) is 18.2 Å². The lowest BCUT2D eigenvalue weighted by Gasteiger charge is -1.96. The van der Waals surface area contributed by atoms with Crippen LogP contribution >= 0.6 is 11.6 Å². The second-order valence-electron chi connectivity index (χ2n) is 2.32. The minimum absolute atomic E-state index is 0.0694. The Hall–Kier alpha value is -1.42. The van der Waals surface area contributed by atoms with Crippen LogP contribution in [0, 0.1) is 12.1 Å². The molecule has 2 rings (SSSR count). The SMILES string of the molecule is Fc1ccc(Cl)cc1-c1n[c]no1. The highest BCUT2D eigenvalue weighted by Gasteiger charge is 2.10. The van der Waals surface area contributed by atoms with Crippen LogP contribution in [-0.4, -0.2) is 10.1 Å². The molecule has 0 bridgehead atoms. The van der Waals surface area contributed by atoms with Gasteiger partial charge in [0.15, 0.2) is 0 Å². The number of hydrogen-bond acceptors (Lipinski definition) is 3. The zero-order chi connectivity index (χ0) is 9.26. The van der Waals surface area contributed by atoms with E-state index in [4.69, 9.17) is 11.6 Å². The lowest BCUT2D eigenvalue weighted by Crippen LogP contribution is -1.83. The van der Waals surface area contributed by atoms with Gasteiger partial charge in [-0.15, -0.1) is 0 Å². The van der Waals surface area contributed by atoms with E-state index in [2.05, 4.69) is 21.0 Å². The van der Waals surface area contributed by atoms with E-state index in [1.165, 1.54) is 18.2 Å². The summed E-state index contributed by atoms with van der Waals surface area (Å²) in [6.45, 7) is 0. The maximum Gasteiger partial charge on any atom is 0.261 e. The molecule has 3 nitrogen and oxygen atoms in total. The number of rotatable bonds is 1. The molecule has 0 saturated carbocycles. The van der Waals surface area contributed by atoms with Gasteiger partial charge >= 0.3 is 0 Å². The fourth-order valence-corrected chi connectivity index (χ4v) is 1.09. The first-order valence-corrected chi connectivity index (χ1v) is 3.80. The second-order valence-corrected chi connectivity index (χ2v) is 2.76. The lowest BCUT2D eigenvalue weighted by molar-refractivity contribution is 0.426. The molecule has 0 fully saturated rings. The molecule has 0 unspecified atom stereocenters. The fourth-order valence-electron chi connectivity index (χ4n) is 0.921. The molecule has 0 aliphatic rings. The number of hydrogen-bond donors (Lipinski definition) is 0. The zero-order valence-corrected chi connectivity index (χ0v) is 7.05. The summed E-state index contributed by atoms with van der Waals surface area (Å²) < 4.78 is 17.8. The monoisotopic (exact) mass is 197 g/mol. The first-order chi connectivity index (χ1) is 6.27. The van der Waals surface area contributed by atoms with Crippen molar-refractivity contribution < 1.29 is 8.91 Å². The van der Waals surface area contributed by atoms with Crippen molar-refractivity contribution in [3.63, 3.8) is 0 Å². The molecule has 65 valence electrons. The first kappa shape index (κ1) is 8.19. The van der Waals surface area contributed by atoms with Gasteiger partial charge in [0, 0.05) is 5.02 Å². The van der Waals surface area contributed by atoms with Gasteiger partial charge in [-0.25, -0.2) is 4.39 Å². The van der Waals surface area contributed by atoms with Crippen LogP contribution in [0.25, 0.3) is 11.5 Å². The number of halogens is 2. The van der Waals surface area contributed by atoms with Crippen molar-refractivity contribution >= 4 is 11.6 Å². The van der Waals surface area contributed by atoms with Crippen molar-refractivity contribution in [2.75, 3.05) is 0 Å². The van der Waals surface area contributed by atoms with Crippen LogP contribution < -0.4 is 0 Å². The van der Waals surface area contributed by atoms with Gasteiger partial charge in [0.1, 0.15) is 5.82 Å². The summed E-state index contributed by atoms with van der Waals surface area (Å²) >= 11 is 5.67. The van der Waals surface area contributed by atoms with Gasteiger partial charge in [-0.1, -0.05) is 16.8 Å². The summed E-state index contributed by atoms with van der Waals surface area (Å²) in [4.78, 5) is 3.59. The smallest absolute Gasteiger partial charge is 0.261 e. The molecule has 0 spiro atoms. The fraction of sp³-hybridized carbons (Fsp3) is 0. The molecule has 1 aromatic carbocycles. The summed E-state index contributed by atoms with van der Waals surface area (Å²) in [5.41, 5.74) is 0.182. The average molecular weight is 198 g/mol. The Morgan fingerprint density at radius 1 is 1.46 bits per heavy atom. The summed E-state index contributed by atoms with van der Waals surface area (Å²) in [5, 5.41) is 3.66. The standard InChI is InChI=1S/C8H3ClFN2O/c9-5-1-2-7(10)6(3-5)8-11-4-12-13-8/h1-3H. The van der Waals surface area contributed by atoms with E-state index in [1.807, 2.05) is 0 Å². The van der Waals surface area contributed by atoms with E-state index < -0.39 is 5.82 Å². The third kappa shape index (κ3) is 1.53. The van der Waals surface area contributed by atoms with Crippen LogP contribution in [0.3, 0.4) is 0 Å². The Bertz CT molecular complexity index is 416. The molecule has 1 aromatic heterocycles. The number of nitrogens with zero attached hydrogens (tertiary/aromatic N) is 2. The maximum atomic E-state index is 13.1. The lowest BCUT2D eigenvalue weighted by atomic mass is 10.2. The summed E-state index contributed by atoms with van der Waals surface area (Å²) in [5.74, 6) is -0.387. The molecule has 5 heteroatoms. The maximum absolute atomic E-state index is 13.1. The number of benzene rings is 1. The van der Waals surface area contributed by atoms with Crippen LogP contribution in [0.2, 0.25) is 5.02 Å². The molecule has 0 aliphatic heterocycles. The minimum atomic E-state index is -0.456. The molecule has 2 aromatic rings. The molecule has 13 heavy (non-hydrogen) atoms. The zero-order valence-electron chi connectivity index (χ0n) is 6.29. The highest BCUT2D eigenvalue weighted by Crippen LogP contribution is 2.23. The van der Waals surface area contributed by atoms with Crippen LogP contribution in [0.1, 0.15) is 0 Å². The molecular weight excluding hydrogens is 195 g/mol. The minimum Gasteiger partial charge on any atom is -0.333 e. The molecule has 0 N–H and O–H groups in total. The van der Waals surface area contributed by atoms with Crippen molar-refractivity contribution in [2.24, 2.45) is 0 Å². The van der Waals surface area contributed by atoms with E-state index >= 15 is 0 Å². The Morgan fingerprint density at radius 3 is 3.00 bits per heavy atom. The predicted octanol–water partition coefficient (Wildman–Crippen LogP) is 2.33. The molecule has 0 atom stereocenters. The largest absolute Gasteiger partial charge is 0.333 e. The normalized spacial score (nSPS) is 10.3. The summed E-state index contributed by atoms with van der Waals surface area (Å²) in [6.07, 6.45) is 2.20. The molecule has 0 aliphatic carbocycles. The molecule has 0 amide bonds. The third-order valence-electron chi connectivity index (χ3n) is 1.48. The van der Waals surface area contributed by atoms with Crippen LogP contribution in [-0.2, 0) is 0 Å². The van der Waals surface area contributed by atoms with E-state index in [0.717, 1.165) is 0 Å².